The zero-order valence-corrected chi connectivity index (χ0v) is 26.4. The molecule has 0 fully saturated rings. The second-order valence-electron chi connectivity index (χ2n) is 12.4. The topological polar surface area (TPSA) is 0 Å². The third-order valence-electron chi connectivity index (χ3n) is 9.85. The molecule has 0 aliphatic carbocycles. The Kier molecular flexibility index (Phi) is 5.85. The lowest BCUT2D eigenvalue weighted by Crippen LogP contribution is -1.93. The molecule has 1 heteroatoms. The molecule has 0 saturated heterocycles. The highest BCUT2D eigenvalue weighted by molar-refractivity contribution is 7.25. The Morgan fingerprint density at radius 2 is 0.723 bits per heavy atom. The van der Waals surface area contributed by atoms with Crippen LogP contribution in [0.3, 0.4) is 0 Å². The number of benzene rings is 9. The highest BCUT2D eigenvalue weighted by Gasteiger charge is 2.20. The molecule has 0 radical (unpaired) electrons. The van der Waals surface area contributed by atoms with Crippen LogP contribution in [-0.2, 0) is 0 Å². The maximum atomic E-state index is 2.45. The van der Waals surface area contributed by atoms with Gasteiger partial charge in [0.05, 0.1) is 0 Å². The van der Waals surface area contributed by atoms with Gasteiger partial charge < -0.3 is 0 Å². The average molecular weight is 613 g/mol. The summed E-state index contributed by atoms with van der Waals surface area (Å²) in [5.41, 5.74) is 7.60. The van der Waals surface area contributed by atoms with Crippen LogP contribution in [0.4, 0.5) is 0 Å². The van der Waals surface area contributed by atoms with Gasteiger partial charge in [0.15, 0.2) is 0 Å². The van der Waals surface area contributed by atoms with Crippen molar-refractivity contribution in [1.29, 1.82) is 0 Å². The van der Waals surface area contributed by atoms with E-state index in [9.17, 15) is 0 Å². The van der Waals surface area contributed by atoms with Crippen molar-refractivity contribution in [3.8, 4) is 33.4 Å². The van der Waals surface area contributed by atoms with Crippen LogP contribution in [0.25, 0.3) is 96.6 Å². The molecule has 0 spiro atoms. The molecule has 0 bridgehead atoms. The predicted molar refractivity (Wildman–Crippen MR) is 206 cm³/mol. The summed E-state index contributed by atoms with van der Waals surface area (Å²) >= 11 is 1.87. The minimum atomic E-state index is 1.23. The fraction of sp³-hybridized carbons (Fsp3) is 0. The minimum Gasteiger partial charge on any atom is -0.135 e. The maximum absolute atomic E-state index is 2.45. The highest BCUT2D eigenvalue weighted by Crippen LogP contribution is 2.47. The van der Waals surface area contributed by atoms with Crippen LogP contribution in [0.2, 0.25) is 0 Å². The van der Waals surface area contributed by atoms with Crippen molar-refractivity contribution in [2.75, 3.05) is 0 Å². The summed E-state index contributed by atoms with van der Waals surface area (Å²) in [5, 5.41) is 12.8. The predicted octanol–water partition coefficient (Wildman–Crippen LogP) is 13.7. The van der Waals surface area contributed by atoms with Gasteiger partial charge >= 0.3 is 0 Å². The minimum absolute atomic E-state index is 1.23. The Bertz CT molecular complexity index is 2840. The Labute approximate surface area is 276 Å². The van der Waals surface area contributed by atoms with Crippen LogP contribution >= 0.6 is 11.3 Å². The molecule has 9 aromatic carbocycles. The van der Waals surface area contributed by atoms with Crippen molar-refractivity contribution in [2.24, 2.45) is 0 Å². The molecular weight excluding hydrogens is 585 g/mol. The molecule has 0 unspecified atom stereocenters. The van der Waals surface area contributed by atoms with Crippen molar-refractivity contribution in [3.63, 3.8) is 0 Å². The molecule has 0 aliphatic heterocycles. The fourth-order valence-corrected chi connectivity index (χ4v) is 8.82. The first-order valence-corrected chi connectivity index (χ1v) is 17.0. The first-order valence-electron chi connectivity index (χ1n) is 16.2. The van der Waals surface area contributed by atoms with E-state index in [1.165, 1.54) is 96.6 Å². The number of fused-ring (bicyclic) bond motifs is 7. The molecule has 1 aromatic heterocycles. The molecule has 0 saturated carbocycles. The third-order valence-corrected chi connectivity index (χ3v) is 11.0. The second-order valence-corrected chi connectivity index (χ2v) is 13.5. The van der Waals surface area contributed by atoms with Gasteiger partial charge in [-0.2, -0.15) is 0 Å². The lowest BCUT2D eigenvalue weighted by Gasteiger charge is -2.20. The molecule has 10 rings (SSSR count). The lowest BCUT2D eigenvalue weighted by molar-refractivity contribution is 1.67. The van der Waals surface area contributed by atoms with Crippen LogP contribution in [0.1, 0.15) is 0 Å². The van der Waals surface area contributed by atoms with E-state index in [-0.39, 0.29) is 0 Å². The summed E-state index contributed by atoms with van der Waals surface area (Å²) in [7, 11) is 0. The molecule has 0 aliphatic rings. The summed E-state index contributed by atoms with van der Waals surface area (Å²) in [6.45, 7) is 0. The second kappa shape index (κ2) is 10.4. The largest absolute Gasteiger partial charge is 0.135 e. The van der Waals surface area contributed by atoms with Crippen molar-refractivity contribution in [2.45, 2.75) is 0 Å². The van der Waals surface area contributed by atoms with E-state index >= 15 is 0 Å². The van der Waals surface area contributed by atoms with Crippen molar-refractivity contribution >= 4 is 74.6 Å². The van der Waals surface area contributed by atoms with Crippen LogP contribution in [0.15, 0.2) is 170 Å². The molecule has 0 amide bonds. The summed E-state index contributed by atoms with van der Waals surface area (Å²) in [5.74, 6) is 0. The zero-order chi connectivity index (χ0) is 30.9. The van der Waals surface area contributed by atoms with Gasteiger partial charge in [0, 0.05) is 20.2 Å². The SMILES string of the molecule is c1ccc2c(-c3c4ccccc4c(-c4cccc5ccccc45)c4cc(-c5ccc6sc7ccccc7c6c5)ccc34)cccc2c1. The van der Waals surface area contributed by atoms with Gasteiger partial charge in [-0.3, -0.25) is 0 Å². The number of hydrogen-bond donors (Lipinski definition) is 0. The smallest absolute Gasteiger partial charge is 0.0355 e. The number of thiophene rings is 1. The van der Waals surface area contributed by atoms with E-state index in [1.54, 1.807) is 0 Å². The quantitative estimate of drug-likeness (QED) is 0.174. The van der Waals surface area contributed by atoms with E-state index in [2.05, 4.69) is 170 Å². The molecular formula is C46H28S. The average Bonchev–Trinajstić information content (AvgIpc) is 3.51. The van der Waals surface area contributed by atoms with Crippen LogP contribution in [0, 0.1) is 0 Å². The standard InChI is InChI=1S/C46H28S/c1-3-15-33-29(11-1)13-9-20-36(33)45-38-18-5-6-19-39(38)46(37-21-10-14-30-12-2-4-16-34(30)37)42-28-31(23-25-40(42)45)32-24-26-44-41(27-32)35-17-7-8-22-43(35)47-44/h1-28H. The van der Waals surface area contributed by atoms with E-state index in [4.69, 9.17) is 0 Å². The molecule has 47 heavy (non-hydrogen) atoms. The van der Waals surface area contributed by atoms with Gasteiger partial charge in [-0.1, -0.05) is 146 Å². The van der Waals surface area contributed by atoms with Crippen molar-refractivity contribution < 1.29 is 0 Å². The molecule has 0 N–H and O–H groups in total. The monoisotopic (exact) mass is 612 g/mol. The van der Waals surface area contributed by atoms with Crippen LogP contribution < -0.4 is 0 Å². The molecule has 0 nitrogen and oxygen atoms in total. The molecule has 218 valence electrons. The zero-order valence-electron chi connectivity index (χ0n) is 25.6. The summed E-state index contributed by atoms with van der Waals surface area (Å²) in [4.78, 5) is 0. The van der Waals surface area contributed by atoms with Crippen molar-refractivity contribution in [3.05, 3.63) is 170 Å². The van der Waals surface area contributed by atoms with E-state index in [0.717, 1.165) is 0 Å². The van der Waals surface area contributed by atoms with Crippen LogP contribution in [-0.4, -0.2) is 0 Å². The molecule has 10 aromatic rings. The Morgan fingerprint density at radius 1 is 0.277 bits per heavy atom. The van der Waals surface area contributed by atoms with Gasteiger partial charge in [-0.25, -0.2) is 0 Å². The van der Waals surface area contributed by atoms with Gasteiger partial charge in [0.25, 0.3) is 0 Å². The van der Waals surface area contributed by atoms with Gasteiger partial charge in [0.1, 0.15) is 0 Å². The normalized spacial score (nSPS) is 11.8. The van der Waals surface area contributed by atoms with Gasteiger partial charge in [0.2, 0.25) is 0 Å². The van der Waals surface area contributed by atoms with Gasteiger partial charge in [-0.05, 0) is 101 Å². The summed E-state index contributed by atoms with van der Waals surface area (Å²) < 4.78 is 2.67. The van der Waals surface area contributed by atoms with Crippen molar-refractivity contribution in [1.82, 2.24) is 0 Å². The third kappa shape index (κ3) is 4.07. The molecule has 0 atom stereocenters. The fourth-order valence-electron chi connectivity index (χ4n) is 7.73. The highest BCUT2D eigenvalue weighted by atomic mass is 32.1. The van der Waals surface area contributed by atoms with Gasteiger partial charge in [-0.15, -0.1) is 11.3 Å². The number of rotatable bonds is 3. The Hall–Kier alpha value is -5.76. The Morgan fingerprint density at radius 3 is 1.38 bits per heavy atom. The maximum Gasteiger partial charge on any atom is 0.0355 e. The van der Waals surface area contributed by atoms with Crippen LogP contribution in [0.5, 0.6) is 0 Å². The van der Waals surface area contributed by atoms with E-state index in [1.807, 2.05) is 11.3 Å². The first kappa shape index (κ1) is 26.5. The summed E-state index contributed by atoms with van der Waals surface area (Å²) in [6.07, 6.45) is 0. The van der Waals surface area contributed by atoms with E-state index < -0.39 is 0 Å². The molecule has 1 heterocycles. The van der Waals surface area contributed by atoms with E-state index in [0.29, 0.717) is 0 Å². The Balaban J connectivity index is 1.35. The summed E-state index contributed by atoms with van der Waals surface area (Å²) in [6, 6.07) is 62.9. The number of hydrogen-bond acceptors (Lipinski definition) is 1. The lowest BCUT2D eigenvalue weighted by atomic mass is 9.83. The first-order chi connectivity index (χ1) is 23.3.